The highest BCUT2D eigenvalue weighted by atomic mass is 32.1. The zero-order chi connectivity index (χ0) is 26.7. The summed E-state index contributed by atoms with van der Waals surface area (Å²) in [4.78, 5) is 25.9. The summed E-state index contributed by atoms with van der Waals surface area (Å²) in [5, 5.41) is 3.61. The van der Waals surface area contributed by atoms with Crippen molar-refractivity contribution < 1.29 is 23.8 Å². The molecule has 1 aliphatic heterocycles. The van der Waals surface area contributed by atoms with E-state index in [0.717, 1.165) is 43.3 Å². The summed E-state index contributed by atoms with van der Waals surface area (Å²) >= 11 is 1.60. The Morgan fingerprint density at radius 3 is 2.51 bits per heavy atom. The molecule has 3 aromatic rings. The molecule has 0 bridgehead atoms. The van der Waals surface area contributed by atoms with Crippen LogP contribution in [0.4, 0.5) is 5.69 Å². The van der Waals surface area contributed by atoms with Crippen LogP contribution in [-0.2, 0) is 14.3 Å². The van der Waals surface area contributed by atoms with Crippen molar-refractivity contribution in [1.82, 2.24) is 0 Å². The molecule has 0 saturated heterocycles. The zero-order valence-corrected chi connectivity index (χ0v) is 23.0. The molecule has 37 heavy (non-hydrogen) atoms. The van der Waals surface area contributed by atoms with Crippen LogP contribution in [0.25, 0.3) is 16.7 Å². The lowest BCUT2D eigenvalue weighted by molar-refractivity contribution is -0.134. The molecule has 4 rings (SSSR count). The van der Waals surface area contributed by atoms with Crippen LogP contribution in [-0.4, -0.2) is 25.1 Å². The Labute approximate surface area is 222 Å². The second kappa shape index (κ2) is 10.8. The van der Waals surface area contributed by atoms with Crippen molar-refractivity contribution in [1.29, 1.82) is 0 Å². The van der Waals surface area contributed by atoms with Crippen molar-refractivity contribution in [3.8, 4) is 22.6 Å². The summed E-state index contributed by atoms with van der Waals surface area (Å²) in [6, 6.07) is 13.5. The summed E-state index contributed by atoms with van der Waals surface area (Å²) in [5.74, 6) is 0.697. The van der Waals surface area contributed by atoms with Crippen molar-refractivity contribution >= 4 is 35.0 Å². The molecule has 0 spiro atoms. The van der Waals surface area contributed by atoms with Crippen molar-refractivity contribution in [3.05, 3.63) is 69.4 Å². The number of anilines is 1. The molecule has 0 aliphatic carbocycles. The summed E-state index contributed by atoms with van der Waals surface area (Å²) in [6.45, 7) is 10.8. The number of hydrogen-bond acceptors (Lipinski definition) is 7. The van der Waals surface area contributed by atoms with Crippen LogP contribution in [0.5, 0.6) is 11.5 Å². The van der Waals surface area contributed by atoms with Gasteiger partial charge in [0.1, 0.15) is 11.5 Å². The molecule has 1 aliphatic rings. The van der Waals surface area contributed by atoms with E-state index >= 15 is 0 Å². The maximum absolute atomic E-state index is 12.1. The molecular weight excluding hydrogens is 486 g/mol. The van der Waals surface area contributed by atoms with E-state index in [1.54, 1.807) is 30.6 Å². The number of carbonyl (C=O) groups excluding carboxylic acids is 2. The number of carbonyl (C=O) groups is 2. The maximum atomic E-state index is 12.1. The van der Waals surface area contributed by atoms with E-state index in [1.807, 2.05) is 38.1 Å². The van der Waals surface area contributed by atoms with Crippen LogP contribution in [0.3, 0.4) is 0 Å². The second-order valence-electron chi connectivity index (χ2n) is 9.77. The van der Waals surface area contributed by atoms with Crippen LogP contribution in [0.1, 0.15) is 67.5 Å². The minimum atomic E-state index is -0.612. The third-order valence-corrected chi connectivity index (χ3v) is 7.34. The Balaban J connectivity index is 1.95. The molecule has 2 aromatic carbocycles. The Bertz CT molecular complexity index is 1350. The molecule has 194 valence electrons. The fourth-order valence-electron chi connectivity index (χ4n) is 4.92. The van der Waals surface area contributed by atoms with Crippen LogP contribution < -0.4 is 14.8 Å². The molecule has 0 saturated carbocycles. The highest BCUT2D eigenvalue weighted by Gasteiger charge is 2.32. The van der Waals surface area contributed by atoms with Gasteiger partial charge in [-0.2, -0.15) is 0 Å². The topological polar surface area (TPSA) is 73.9 Å². The van der Waals surface area contributed by atoms with Crippen molar-refractivity contribution in [2.45, 2.75) is 59.1 Å². The SMILES string of the molecule is CCCC(=O)Oc1ccc(-c2ccc3c(c2C(OC=O)c2ccc(C)s2)C(C)=CC(C)(C)N3)c(OC)c1. The van der Waals surface area contributed by atoms with Gasteiger partial charge >= 0.3 is 5.97 Å². The fraction of sp³-hybridized carbons (Fsp3) is 0.333. The summed E-state index contributed by atoms with van der Waals surface area (Å²) in [6.07, 6.45) is 2.64. The molecule has 1 atom stereocenters. The summed E-state index contributed by atoms with van der Waals surface area (Å²) < 4.78 is 17.1. The molecule has 0 radical (unpaired) electrons. The Kier molecular flexibility index (Phi) is 7.73. The Morgan fingerprint density at radius 1 is 1.11 bits per heavy atom. The van der Waals surface area contributed by atoms with E-state index in [1.165, 1.54) is 0 Å². The average Bonchev–Trinajstić information content (AvgIpc) is 3.27. The van der Waals surface area contributed by atoms with Gasteiger partial charge in [0.05, 0.1) is 12.6 Å². The van der Waals surface area contributed by atoms with E-state index in [9.17, 15) is 9.59 Å². The number of hydrogen-bond donors (Lipinski definition) is 1. The normalized spacial score (nSPS) is 14.6. The van der Waals surface area contributed by atoms with Gasteiger partial charge < -0.3 is 19.5 Å². The minimum Gasteiger partial charge on any atom is -0.496 e. The number of aryl methyl sites for hydroxylation is 1. The number of thiophene rings is 1. The summed E-state index contributed by atoms with van der Waals surface area (Å²) in [7, 11) is 1.59. The molecule has 0 fully saturated rings. The van der Waals surface area contributed by atoms with Crippen LogP contribution >= 0.6 is 11.3 Å². The lowest BCUT2D eigenvalue weighted by atomic mass is 9.82. The van der Waals surface area contributed by atoms with E-state index in [2.05, 4.69) is 38.2 Å². The lowest BCUT2D eigenvalue weighted by Crippen LogP contribution is -2.32. The molecule has 1 N–H and O–H groups in total. The Hall–Kier alpha value is -3.58. The predicted molar refractivity (Wildman–Crippen MR) is 148 cm³/mol. The monoisotopic (exact) mass is 519 g/mol. The highest BCUT2D eigenvalue weighted by molar-refractivity contribution is 7.12. The number of ether oxygens (including phenoxy) is 3. The first-order chi connectivity index (χ1) is 17.7. The van der Waals surface area contributed by atoms with Gasteiger partial charge in [0.25, 0.3) is 6.47 Å². The molecular formula is C30H33NO5S. The molecule has 1 unspecified atom stereocenters. The first-order valence-electron chi connectivity index (χ1n) is 12.4. The number of methoxy groups -OCH3 is 1. The van der Waals surface area contributed by atoms with Crippen molar-refractivity contribution in [2.75, 3.05) is 12.4 Å². The lowest BCUT2D eigenvalue weighted by Gasteiger charge is -2.34. The van der Waals surface area contributed by atoms with Gasteiger partial charge in [0.15, 0.2) is 6.10 Å². The molecule has 6 nitrogen and oxygen atoms in total. The van der Waals surface area contributed by atoms with Gasteiger partial charge in [0, 0.05) is 44.6 Å². The third kappa shape index (κ3) is 5.57. The van der Waals surface area contributed by atoms with Gasteiger partial charge in [-0.3, -0.25) is 9.59 Å². The van der Waals surface area contributed by atoms with Gasteiger partial charge in [-0.15, -0.1) is 11.3 Å². The average molecular weight is 520 g/mol. The van der Waals surface area contributed by atoms with Gasteiger partial charge in [0.2, 0.25) is 0 Å². The van der Waals surface area contributed by atoms with Gasteiger partial charge in [-0.05, 0) is 75.6 Å². The van der Waals surface area contributed by atoms with Gasteiger partial charge in [-0.25, -0.2) is 0 Å². The molecule has 7 heteroatoms. The minimum absolute atomic E-state index is 0.224. The quantitative estimate of drug-likeness (QED) is 0.182. The van der Waals surface area contributed by atoms with Crippen LogP contribution in [0.2, 0.25) is 0 Å². The number of esters is 1. The molecule has 1 aromatic heterocycles. The van der Waals surface area contributed by atoms with Crippen molar-refractivity contribution in [3.63, 3.8) is 0 Å². The molecule has 2 heterocycles. The number of allylic oxidation sites excluding steroid dienone is 1. The molecule has 0 amide bonds. The predicted octanol–water partition coefficient (Wildman–Crippen LogP) is 7.31. The zero-order valence-electron chi connectivity index (χ0n) is 22.1. The highest BCUT2D eigenvalue weighted by Crippen LogP contribution is 2.48. The number of fused-ring (bicyclic) bond motifs is 1. The smallest absolute Gasteiger partial charge is 0.311 e. The van der Waals surface area contributed by atoms with Crippen molar-refractivity contribution in [2.24, 2.45) is 0 Å². The summed E-state index contributed by atoms with van der Waals surface area (Å²) in [5.41, 5.74) is 5.38. The van der Waals surface area contributed by atoms with E-state index in [-0.39, 0.29) is 11.5 Å². The van der Waals surface area contributed by atoms with Gasteiger partial charge in [-0.1, -0.05) is 19.1 Å². The Morgan fingerprint density at radius 2 is 1.86 bits per heavy atom. The maximum Gasteiger partial charge on any atom is 0.311 e. The van der Waals surface area contributed by atoms with E-state index in [4.69, 9.17) is 14.2 Å². The van der Waals surface area contributed by atoms with Crippen LogP contribution in [0.15, 0.2) is 48.5 Å². The van der Waals surface area contributed by atoms with E-state index in [0.29, 0.717) is 30.8 Å². The number of rotatable bonds is 9. The standard InChI is InChI=1S/C30H33NO5S/c1-7-8-26(33)36-20-10-11-21(24(15-20)34-6)22-12-13-23-27(18(2)16-30(4,5)31-23)28(22)29(35-17-32)25-14-9-19(3)37-25/h9-17,29,31H,7-8H2,1-6H3. The van der Waals surface area contributed by atoms with Crippen LogP contribution in [0, 0.1) is 6.92 Å². The number of benzene rings is 2. The second-order valence-corrected chi connectivity index (χ2v) is 11.1. The fourth-order valence-corrected chi connectivity index (χ4v) is 5.85. The van der Waals surface area contributed by atoms with E-state index < -0.39 is 6.10 Å². The first kappa shape index (κ1) is 26.5. The largest absolute Gasteiger partial charge is 0.496 e. The first-order valence-corrected chi connectivity index (χ1v) is 13.2. The third-order valence-electron chi connectivity index (χ3n) is 6.30. The number of nitrogens with one attached hydrogen (secondary N) is 1.